The van der Waals surface area contributed by atoms with Gasteiger partial charge in [-0.05, 0) is 39.3 Å². The summed E-state index contributed by atoms with van der Waals surface area (Å²) < 4.78 is 0. The average Bonchev–Trinajstić information content (AvgIpc) is 2.73. The Morgan fingerprint density at radius 1 is 1.29 bits per heavy atom. The Balaban J connectivity index is 2.13. The van der Waals surface area contributed by atoms with Gasteiger partial charge in [-0.3, -0.25) is 4.79 Å². The van der Waals surface area contributed by atoms with E-state index in [0.717, 1.165) is 19.4 Å². The molecule has 4 N–H and O–H groups in total. The standard InChI is InChI=1S/C11H21N3O3/c1-12-5-2-6-13-11(17)14-9-4-3-8(7-9)10(15)16/h8-9,12H,2-7H2,1H3,(H,15,16)(H2,13,14,17)/t8-,9+/m1/s1. The molecular weight excluding hydrogens is 222 g/mol. The quantitative estimate of drug-likeness (QED) is 0.500. The number of hydrogen-bond acceptors (Lipinski definition) is 3. The van der Waals surface area contributed by atoms with E-state index >= 15 is 0 Å². The van der Waals surface area contributed by atoms with Crippen LogP contribution in [-0.4, -0.2) is 43.3 Å². The third-order valence-corrected chi connectivity index (χ3v) is 3.01. The van der Waals surface area contributed by atoms with Crippen molar-refractivity contribution in [3.05, 3.63) is 0 Å². The fourth-order valence-electron chi connectivity index (χ4n) is 2.04. The molecule has 0 bridgehead atoms. The van der Waals surface area contributed by atoms with E-state index in [4.69, 9.17) is 5.11 Å². The van der Waals surface area contributed by atoms with Crippen LogP contribution in [0.1, 0.15) is 25.7 Å². The molecule has 0 aromatic rings. The predicted octanol–water partition coefficient (Wildman–Crippen LogP) is 0.148. The molecule has 0 aromatic carbocycles. The van der Waals surface area contributed by atoms with Crippen molar-refractivity contribution in [2.45, 2.75) is 31.7 Å². The molecule has 1 rings (SSSR count). The highest BCUT2D eigenvalue weighted by molar-refractivity contribution is 5.75. The van der Waals surface area contributed by atoms with E-state index in [9.17, 15) is 9.59 Å². The minimum atomic E-state index is -0.760. The molecule has 0 unspecified atom stereocenters. The highest BCUT2D eigenvalue weighted by Gasteiger charge is 2.30. The van der Waals surface area contributed by atoms with Crippen LogP contribution in [0.2, 0.25) is 0 Å². The topological polar surface area (TPSA) is 90.5 Å². The molecule has 0 aromatic heterocycles. The molecule has 0 heterocycles. The van der Waals surface area contributed by atoms with Crippen LogP contribution in [0.15, 0.2) is 0 Å². The molecule has 1 aliphatic carbocycles. The lowest BCUT2D eigenvalue weighted by molar-refractivity contribution is -0.141. The molecule has 0 radical (unpaired) electrons. The third-order valence-electron chi connectivity index (χ3n) is 3.01. The molecule has 0 saturated heterocycles. The fraction of sp³-hybridized carbons (Fsp3) is 0.818. The second-order valence-corrected chi connectivity index (χ2v) is 4.40. The van der Waals surface area contributed by atoms with Crippen molar-refractivity contribution in [1.82, 2.24) is 16.0 Å². The maximum Gasteiger partial charge on any atom is 0.315 e. The minimum Gasteiger partial charge on any atom is -0.481 e. The van der Waals surface area contributed by atoms with E-state index < -0.39 is 5.97 Å². The number of hydrogen-bond donors (Lipinski definition) is 4. The van der Waals surface area contributed by atoms with Gasteiger partial charge in [0.05, 0.1) is 5.92 Å². The molecular formula is C11H21N3O3. The Hall–Kier alpha value is -1.30. The van der Waals surface area contributed by atoms with Gasteiger partial charge < -0.3 is 21.1 Å². The van der Waals surface area contributed by atoms with Gasteiger partial charge in [0.1, 0.15) is 0 Å². The van der Waals surface area contributed by atoms with E-state index in [1.807, 2.05) is 7.05 Å². The number of amides is 2. The maximum atomic E-state index is 11.4. The molecule has 0 spiro atoms. The summed E-state index contributed by atoms with van der Waals surface area (Å²) in [6.45, 7) is 1.49. The first kappa shape index (κ1) is 13.8. The van der Waals surface area contributed by atoms with Crippen LogP contribution in [-0.2, 0) is 4.79 Å². The summed E-state index contributed by atoms with van der Waals surface area (Å²) in [5.74, 6) is -1.06. The third kappa shape index (κ3) is 5.04. The van der Waals surface area contributed by atoms with Gasteiger partial charge in [-0.15, -0.1) is 0 Å². The number of aliphatic carboxylic acids is 1. The highest BCUT2D eigenvalue weighted by atomic mass is 16.4. The molecule has 1 fully saturated rings. The first-order valence-corrected chi connectivity index (χ1v) is 6.05. The van der Waals surface area contributed by atoms with E-state index in [1.165, 1.54) is 0 Å². The summed E-state index contributed by atoms with van der Waals surface area (Å²) in [6.07, 6.45) is 2.83. The van der Waals surface area contributed by atoms with Crippen LogP contribution >= 0.6 is 0 Å². The van der Waals surface area contributed by atoms with Crippen molar-refractivity contribution in [1.29, 1.82) is 0 Å². The van der Waals surface area contributed by atoms with Gasteiger partial charge in [-0.1, -0.05) is 0 Å². The molecule has 0 aliphatic heterocycles. The fourth-order valence-corrected chi connectivity index (χ4v) is 2.04. The van der Waals surface area contributed by atoms with Crippen molar-refractivity contribution in [3.63, 3.8) is 0 Å². The number of urea groups is 1. The van der Waals surface area contributed by atoms with Crippen molar-refractivity contribution >= 4 is 12.0 Å². The van der Waals surface area contributed by atoms with Crippen LogP contribution in [0.25, 0.3) is 0 Å². The summed E-state index contributed by atoms with van der Waals surface area (Å²) >= 11 is 0. The SMILES string of the molecule is CNCCCNC(=O)N[C@H]1CC[C@@H](C(=O)O)C1. The lowest BCUT2D eigenvalue weighted by Crippen LogP contribution is -2.41. The number of carbonyl (C=O) groups is 2. The molecule has 2 amide bonds. The maximum absolute atomic E-state index is 11.4. The number of nitrogens with one attached hydrogen (secondary N) is 3. The van der Waals surface area contributed by atoms with E-state index in [0.29, 0.717) is 19.4 Å². The summed E-state index contributed by atoms with van der Waals surface area (Å²) in [6, 6.07) is -0.197. The Labute approximate surface area is 101 Å². The molecule has 1 aliphatic rings. The van der Waals surface area contributed by atoms with E-state index in [1.54, 1.807) is 0 Å². The normalized spacial score (nSPS) is 23.4. The summed E-state index contributed by atoms with van der Waals surface area (Å²) in [7, 11) is 1.87. The second kappa shape index (κ2) is 7.11. The van der Waals surface area contributed by atoms with Gasteiger partial charge in [0.15, 0.2) is 0 Å². The summed E-state index contributed by atoms with van der Waals surface area (Å²) in [5.41, 5.74) is 0. The lowest BCUT2D eigenvalue weighted by atomic mass is 10.1. The Kier molecular flexibility index (Phi) is 5.76. The van der Waals surface area contributed by atoms with E-state index in [-0.39, 0.29) is 18.0 Å². The largest absolute Gasteiger partial charge is 0.481 e. The monoisotopic (exact) mass is 243 g/mol. The zero-order valence-electron chi connectivity index (χ0n) is 10.2. The smallest absolute Gasteiger partial charge is 0.315 e. The number of carbonyl (C=O) groups excluding carboxylic acids is 1. The van der Waals surface area contributed by atoms with Gasteiger partial charge >= 0.3 is 12.0 Å². The first-order chi connectivity index (χ1) is 8.13. The molecule has 6 nitrogen and oxygen atoms in total. The van der Waals surface area contributed by atoms with Crippen molar-refractivity contribution < 1.29 is 14.7 Å². The number of carboxylic acid groups (broad SMARTS) is 1. The lowest BCUT2D eigenvalue weighted by Gasteiger charge is -2.13. The van der Waals surface area contributed by atoms with Crippen LogP contribution < -0.4 is 16.0 Å². The number of carboxylic acids is 1. The van der Waals surface area contributed by atoms with Crippen molar-refractivity contribution in [3.8, 4) is 0 Å². The highest BCUT2D eigenvalue weighted by Crippen LogP contribution is 2.25. The Bertz CT molecular complexity index is 271. The zero-order valence-corrected chi connectivity index (χ0v) is 10.2. The molecule has 17 heavy (non-hydrogen) atoms. The zero-order chi connectivity index (χ0) is 12.7. The van der Waals surface area contributed by atoms with Crippen LogP contribution in [0.4, 0.5) is 4.79 Å². The van der Waals surface area contributed by atoms with Crippen LogP contribution in [0.3, 0.4) is 0 Å². The summed E-state index contributed by atoms with van der Waals surface area (Å²) in [4.78, 5) is 22.2. The second-order valence-electron chi connectivity index (χ2n) is 4.40. The van der Waals surface area contributed by atoms with Gasteiger partial charge in [0.25, 0.3) is 0 Å². The summed E-state index contributed by atoms with van der Waals surface area (Å²) in [5, 5.41) is 17.4. The first-order valence-electron chi connectivity index (χ1n) is 6.05. The molecule has 2 atom stereocenters. The van der Waals surface area contributed by atoms with Crippen molar-refractivity contribution in [2.75, 3.05) is 20.1 Å². The Morgan fingerprint density at radius 3 is 2.65 bits per heavy atom. The van der Waals surface area contributed by atoms with Gasteiger partial charge in [0.2, 0.25) is 0 Å². The van der Waals surface area contributed by atoms with Crippen molar-refractivity contribution in [2.24, 2.45) is 5.92 Å². The van der Waals surface area contributed by atoms with Crippen LogP contribution in [0.5, 0.6) is 0 Å². The van der Waals surface area contributed by atoms with Gasteiger partial charge in [-0.2, -0.15) is 0 Å². The van der Waals surface area contributed by atoms with Gasteiger partial charge in [-0.25, -0.2) is 4.79 Å². The average molecular weight is 243 g/mol. The van der Waals surface area contributed by atoms with E-state index in [2.05, 4.69) is 16.0 Å². The molecule has 6 heteroatoms. The predicted molar refractivity (Wildman–Crippen MR) is 63.8 cm³/mol. The molecule has 1 saturated carbocycles. The van der Waals surface area contributed by atoms with Gasteiger partial charge in [0, 0.05) is 12.6 Å². The number of rotatable bonds is 6. The van der Waals surface area contributed by atoms with Crippen LogP contribution in [0, 0.1) is 5.92 Å². The minimum absolute atomic E-state index is 0.000371. The Morgan fingerprint density at radius 2 is 2.06 bits per heavy atom. The molecule has 98 valence electrons.